The number of thiol groups is 1. The van der Waals surface area contributed by atoms with Gasteiger partial charge in [0.2, 0.25) is 0 Å². The third-order valence-corrected chi connectivity index (χ3v) is 3.51. The number of piperidine rings is 1. The SMILES string of the molecule is CC(C)CC(S)OC1CC(C)(C)NC(C)(C)C1. The molecule has 3 heteroatoms. The van der Waals surface area contributed by atoms with Gasteiger partial charge in [0.1, 0.15) is 5.44 Å². The molecule has 17 heavy (non-hydrogen) atoms. The summed E-state index contributed by atoms with van der Waals surface area (Å²) < 4.78 is 6.10. The molecular formula is C14H29NOS. The summed E-state index contributed by atoms with van der Waals surface area (Å²) in [5.41, 5.74) is 0.375. The zero-order valence-corrected chi connectivity index (χ0v) is 13.1. The smallest absolute Gasteiger partial charge is 0.101 e. The third kappa shape index (κ3) is 5.62. The Morgan fingerprint density at radius 2 is 1.65 bits per heavy atom. The van der Waals surface area contributed by atoms with E-state index in [1.807, 2.05) is 0 Å². The van der Waals surface area contributed by atoms with Crippen LogP contribution in [0.5, 0.6) is 0 Å². The van der Waals surface area contributed by atoms with Crippen LogP contribution < -0.4 is 5.32 Å². The van der Waals surface area contributed by atoms with E-state index in [-0.39, 0.29) is 16.5 Å². The Labute approximate surface area is 112 Å². The molecule has 0 spiro atoms. The van der Waals surface area contributed by atoms with Gasteiger partial charge >= 0.3 is 0 Å². The minimum atomic E-state index is 0.0738. The van der Waals surface area contributed by atoms with Gasteiger partial charge in [-0.25, -0.2) is 0 Å². The van der Waals surface area contributed by atoms with Crippen LogP contribution in [-0.4, -0.2) is 22.6 Å². The lowest BCUT2D eigenvalue weighted by atomic mass is 9.81. The third-order valence-electron chi connectivity index (χ3n) is 3.18. The fraction of sp³-hybridized carbons (Fsp3) is 1.00. The molecule has 0 bridgehead atoms. The van der Waals surface area contributed by atoms with Crippen molar-refractivity contribution in [2.75, 3.05) is 0 Å². The number of rotatable bonds is 4. The number of hydrogen-bond donors (Lipinski definition) is 2. The van der Waals surface area contributed by atoms with Crippen LogP contribution >= 0.6 is 12.6 Å². The van der Waals surface area contributed by atoms with Gasteiger partial charge in [-0.3, -0.25) is 0 Å². The Bertz CT molecular complexity index is 235. The standard InChI is InChI=1S/C14H29NOS/c1-10(2)7-12(17)16-11-8-13(3,4)15-14(5,6)9-11/h10-12,15,17H,7-9H2,1-6H3. The van der Waals surface area contributed by atoms with E-state index < -0.39 is 0 Å². The molecule has 1 aliphatic heterocycles. The van der Waals surface area contributed by atoms with E-state index >= 15 is 0 Å². The maximum atomic E-state index is 6.10. The molecule has 0 radical (unpaired) electrons. The fourth-order valence-electron chi connectivity index (χ4n) is 3.01. The summed E-state index contributed by atoms with van der Waals surface area (Å²) >= 11 is 4.55. The summed E-state index contributed by atoms with van der Waals surface area (Å²) in [6.07, 6.45) is 3.47. The summed E-state index contributed by atoms with van der Waals surface area (Å²) in [6, 6.07) is 0. The van der Waals surface area contributed by atoms with E-state index in [9.17, 15) is 0 Å². The molecule has 1 atom stereocenters. The summed E-state index contributed by atoms with van der Waals surface area (Å²) in [5.74, 6) is 0.639. The molecule has 1 fully saturated rings. The maximum Gasteiger partial charge on any atom is 0.101 e. The van der Waals surface area contributed by atoms with Crippen molar-refractivity contribution in [2.24, 2.45) is 5.92 Å². The number of hydrogen-bond acceptors (Lipinski definition) is 3. The molecule has 0 saturated carbocycles. The van der Waals surface area contributed by atoms with E-state index in [0.29, 0.717) is 12.0 Å². The molecule has 1 N–H and O–H groups in total. The van der Waals surface area contributed by atoms with Crippen LogP contribution in [0.2, 0.25) is 0 Å². The summed E-state index contributed by atoms with van der Waals surface area (Å²) in [5, 5.41) is 3.67. The Kier molecular flexibility index (Phi) is 4.96. The fourth-order valence-corrected chi connectivity index (χ4v) is 3.60. The van der Waals surface area contributed by atoms with Gasteiger partial charge in [0.25, 0.3) is 0 Å². The van der Waals surface area contributed by atoms with Crippen LogP contribution in [0, 0.1) is 5.92 Å². The Hall–Kier alpha value is 0.270. The van der Waals surface area contributed by atoms with Crippen LogP contribution in [0.1, 0.15) is 60.8 Å². The normalized spacial score (nSPS) is 26.1. The van der Waals surface area contributed by atoms with Gasteiger partial charge in [-0.05, 0) is 52.9 Å². The maximum absolute atomic E-state index is 6.10. The minimum absolute atomic E-state index is 0.0738. The molecule has 0 aromatic rings. The highest BCUT2D eigenvalue weighted by Crippen LogP contribution is 2.31. The molecule has 2 nitrogen and oxygen atoms in total. The summed E-state index contributed by atoms with van der Waals surface area (Å²) in [4.78, 5) is 0. The van der Waals surface area contributed by atoms with Gasteiger partial charge in [-0.2, -0.15) is 0 Å². The molecule has 1 unspecified atom stereocenters. The lowest BCUT2D eigenvalue weighted by Gasteiger charge is -2.46. The average Bonchev–Trinajstić information content (AvgIpc) is 1.93. The van der Waals surface area contributed by atoms with Crippen molar-refractivity contribution >= 4 is 12.6 Å². The van der Waals surface area contributed by atoms with Gasteiger partial charge in [-0.1, -0.05) is 13.8 Å². The topological polar surface area (TPSA) is 21.3 Å². The van der Waals surface area contributed by atoms with Crippen LogP contribution in [0.15, 0.2) is 0 Å². The van der Waals surface area contributed by atoms with Crippen LogP contribution in [0.4, 0.5) is 0 Å². The van der Waals surface area contributed by atoms with Gasteiger partial charge in [0, 0.05) is 11.1 Å². The first-order valence-electron chi connectivity index (χ1n) is 6.72. The lowest BCUT2D eigenvalue weighted by Crippen LogP contribution is -2.59. The molecule has 1 aliphatic rings. The van der Waals surface area contributed by atoms with Crippen molar-refractivity contribution in [1.29, 1.82) is 0 Å². The van der Waals surface area contributed by atoms with Crippen LogP contribution in [-0.2, 0) is 4.74 Å². The second-order valence-electron chi connectivity index (χ2n) is 7.14. The van der Waals surface area contributed by atoms with Gasteiger partial charge < -0.3 is 10.1 Å². The Morgan fingerprint density at radius 3 is 2.06 bits per heavy atom. The molecular weight excluding hydrogens is 230 g/mol. The molecule has 102 valence electrons. The highest BCUT2D eigenvalue weighted by molar-refractivity contribution is 7.80. The number of ether oxygens (including phenoxy) is 1. The predicted octanol–water partition coefficient (Wildman–Crippen LogP) is 3.61. The first-order valence-corrected chi connectivity index (χ1v) is 7.24. The molecule has 1 rings (SSSR count). The largest absolute Gasteiger partial charge is 0.364 e. The van der Waals surface area contributed by atoms with Crippen molar-refractivity contribution in [1.82, 2.24) is 5.32 Å². The molecule has 0 aromatic carbocycles. The van der Waals surface area contributed by atoms with Crippen molar-refractivity contribution in [2.45, 2.75) is 83.4 Å². The molecule has 0 amide bonds. The van der Waals surface area contributed by atoms with Gasteiger partial charge in [0.15, 0.2) is 0 Å². The van der Waals surface area contributed by atoms with Crippen molar-refractivity contribution in [3.05, 3.63) is 0 Å². The van der Waals surface area contributed by atoms with E-state index in [1.54, 1.807) is 0 Å². The predicted molar refractivity (Wildman–Crippen MR) is 77.6 cm³/mol. The molecule has 0 aromatic heterocycles. The van der Waals surface area contributed by atoms with E-state index in [2.05, 4.69) is 59.5 Å². The van der Waals surface area contributed by atoms with Crippen molar-refractivity contribution < 1.29 is 4.74 Å². The molecule has 1 heterocycles. The zero-order valence-electron chi connectivity index (χ0n) is 12.2. The zero-order chi connectivity index (χ0) is 13.3. The quantitative estimate of drug-likeness (QED) is 0.594. The van der Waals surface area contributed by atoms with Crippen LogP contribution in [0.25, 0.3) is 0 Å². The number of nitrogens with one attached hydrogen (secondary N) is 1. The second kappa shape index (κ2) is 5.50. The first-order chi connectivity index (χ1) is 7.60. The van der Waals surface area contributed by atoms with Crippen molar-refractivity contribution in [3.63, 3.8) is 0 Å². The lowest BCUT2D eigenvalue weighted by molar-refractivity contribution is -0.0371. The minimum Gasteiger partial charge on any atom is -0.364 e. The van der Waals surface area contributed by atoms with Gasteiger partial charge in [-0.15, -0.1) is 12.6 Å². The summed E-state index contributed by atoms with van der Waals surface area (Å²) in [6.45, 7) is 13.4. The Balaban J connectivity index is 2.53. The monoisotopic (exact) mass is 259 g/mol. The molecule has 1 saturated heterocycles. The van der Waals surface area contributed by atoms with E-state index in [0.717, 1.165) is 19.3 Å². The first kappa shape index (κ1) is 15.3. The Morgan fingerprint density at radius 1 is 1.18 bits per heavy atom. The van der Waals surface area contributed by atoms with Gasteiger partial charge in [0.05, 0.1) is 6.10 Å². The highest BCUT2D eigenvalue weighted by atomic mass is 32.1. The van der Waals surface area contributed by atoms with E-state index in [4.69, 9.17) is 4.74 Å². The molecule has 0 aliphatic carbocycles. The summed E-state index contributed by atoms with van der Waals surface area (Å²) in [7, 11) is 0. The highest BCUT2D eigenvalue weighted by Gasteiger charge is 2.38. The second-order valence-corrected chi connectivity index (χ2v) is 7.72. The van der Waals surface area contributed by atoms with Crippen molar-refractivity contribution in [3.8, 4) is 0 Å². The average molecular weight is 259 g/mol. The van der Waals surface area contributed by atoms with Crippen LogP contribution in [0.3, 0.4) is 0 Å². The van der Waals surface area contributed by atoms with E-state index in [1.165, 1.54) is 0 Å².